The number of hydrogen-bond donors (Lipinski definition) is 3. The van der Waals surface area contributed by atoms with Crippen molar-refractivity contribution in [2.45, 2.75) is 19.4 Å². The van der Waals surface area contributed by atoms with Crippen LogP contribution in [0, 0.1) is 11.6 Å². The maximum Gasteiger partial charge on any atom is 0.338 e. The van der Waals surface area contributed by atoms with Crippen LogP contribution in [0.25, 0.3) is 0 Å². The van der Waals surface area contributed by atoms with Crippen LogP contribution in [-0.4, -0.2) is 36.4 Å². The van der Waals surface area contributed by atoms with Crippen molar-refractivity contribution in [2.24, 2.45) is 0 Å². The van der Waals surface area contributed by atoms with Gasteiger partial charge in [0, 0.05) is 19.7 Å². The lowest BCUT2D eigenvalue weighted by molar-refractivity contribution is 0.0257. The summed E-state index contributed by atoms with van der Waals surface area (Å²) < 4.78 is 31.8. The van der Waals surface area contributed by atoms with E-state index in [4.69, 9.17) is 9.84 Å². The summed E-state index contributed by atoms with van der Waals surface area (Å²) in [6.07, 6.45) is 0. The van der Waals surface area contributed by atoms with Gasteiger partial charge in [0.1, 0.15) is 11.6 Å². The highest BCUT2D eigenvalue weighted by molar-refractivity contribution is 5.93. The summed E-state index contributed by atoms with van der Waals surface area (Å²) in [5.41, 5.74) is -1.78. The average Bonchev–Trinajstić information content (AvgIpc) is 2.39. The SMILES string of the molecule is COC(C)(C)CNC(=O)Nc1cc(C(=O)O)c(F)cc1F. The van der Waals surface area contributed by atoms with E-state index in [1.807, 2.05) is 0 Å². The zero-order valence-electron chi connectivity index (χ0n) is 11.8. The minimum Gasteiger partial charge on any atom is -0.478 e. The molecular weight excluding hydrogens is 286 g/mol. The molecule has 0 atom stereocenters. The topological polar surface area (TPSA) is 87.7 Å². The van der Waals surface area contributed by atoms with Gasteiger partial charge in [0.05, 0.1) is 16.9 Å². The maximum absolute atomic E-state index is 13.5. The van der Waals surface area contributed by atoms with Gasteiger partial charge in [-0.15, -0.1) is 0 Å². The number of amides is 2. The molecule has 0 bridgehead atoms. The van der Waals surface area contributed by atoms with Crippen molar-refractivity contribution in [3.63, 3.8) is 0 Å². The molecule has 0 fully saturated rings. The third-order valence-electron chi connectivity index (χ3n) is 2.76. The molecular formula is C13H16F2N2O4. The van der Waals surface area contributed by atoms with Gasteiger partial charge in [-0.1, -0.05) is 0 Å². The van der Waals surface area contributed by atoms with Crippen molar-refractivity contribution in [1.82, 2.24) is 5.32 Å². The van der Waals surface area contributed by atoms with E-state index < -0.39 is 40.5 Å². The average molecular weight is 302 g/mol. The monoisotopic (exact) mass is 302 g/mol. The number of carboxylic acid groups (broad SMARTS) is 1. The molecule has 1 rings (SSSR count). The van der Waals surface area contributed by atoms with Crippen molar-refractivity contribution in [3.8, 4) is 0 Å². The summed E-state index contributed by atoms with van der Waals surface area (Å²) in [5, 5.41) is 13.3. The van der Waals surface area contributed by atoms with Gasteiger partial charge in [-0.3, -0.25) is 0 Å². The van der Waals surface area contributed by atoms with Gasteiger partial charge in [-0.25, -0.2) is 18.4 Å². The Morgan fingerprint density at radius 1 is 1.29 bits per heavy atom. The van der Waals surface area contributed by atoms with Crippen molar-refractivity contribution < 1.29 is 28.2 Å². The molecule has 2 amide bonds. The van der Waals surface area contributed by atoms with Crippen LogP contribution in [0.4, 0.5) is 19.3 Å². The van der Waals surface area contributed by atoms with Gasteiger partial charge in [0.2, 0.25) is 0 Å². The number of carbonyl (C=O) groups excluding carboxylic acids is 1. The molecule has 0 radical (unpaired) electrons. The van der Waals surface area contributed by atoms with E-state index in [-0.39, 0.29) is 6.54 Å². The van der Waals surface area contributed by atoms with Gasteiger partial charge in [0.25, 0.3) is 0 Å². The molecule has 1 aromatic carbocycles. The van der Waals surface area contributed by atoms with Crippen LogP contribution in [0.3, 0.4) is 0 Å². The minimum absolute atomic E-state index is 0.143. The number of ether oxygens (including phenoxy) is 1. The molecule has 116 valence electrons. The van der Waals surface area contributed by atoms with Gasteiger partial charge in [-0.2, -0.15) is 0 Å². The number of aromatic carboxylic acids is 1. The third-order valence-corrected chi connectivity index (χ3v) is 2.76. The lowest BCUT2D eigenvalue weighted by atomic mass is 10.1. The van der Waals surface area contributed by atoms with E-state index in [9.17, 15) is 18.4 Å². The number of anilines is 1. The molecule has 0 spiro atoms. The zero-order chi connectivity index (χ0) is 16.2. The van der Waals surface area contributed by atoms with Crippen LogP contribution in [0.5, 0.6) is 0 Å². The van der Waals surface area contributed by atoms with Crippen LogP contribution < -0.4 is 10.6 Å². The summed E-state index contributed by atoms with van der Waals surface area (Å²) in [6, 6.07) is 0.355. The van der Waals surface area contributed by atoms with Crippen LogP contribution in [0.2, 0.25) is 0 Å². The Morgan fingerprint density at radius 3 is 2.43 bits per heavy atom. The van der Waals surface area contributed by atoms with E-state index >= 15 is 0 Å². The number of carbonyl (C=O) groups is 2. The summed E-state index contributed by atoms with van der Waals surface area (Å²) in [6.45, 7) is 3.60. The van der Waals surface area contributed by atoms with Gasteiger partial charge < -0.3 is 20.5 Å². The third kappa shape index (κ3) is 4.67. The van der Waals surface area contributed by atoms with Crippen LogP contribution in [0.1, 0.15) is 24.2 Å². The first-order valence-corrected chi connectivity index (χ1v) is 5.98. The molecule has 0 aromatic heterocycles. The standard InChI is InChI=1S/C13H16F2N2O4/c1-13(2,21-3)6-16-12(20)17-10-4-7(11(18)19)8(14)5-9(10)15/h4-5H,6H2,1-3H3,(H,18,19)(H2,16,17,20). The molecule has 6 nitrogen and oxygen atoms in total. The molecule has 0 heterocycles. The quantitative estimate of drug-likeness (QED) is 0.778. The first kappa shape index (κ1) is 16.8. The van der Waals surface area contributed by atoms with Crippen molar-refractivity contribution in [1.29, 1.82) is 0 Å². The normalized spacial score (nSPS) is 11.1. The Kier molecular flexibility index (Phi) is 5.20. The largest absolute Gasteiger partial charge is 0.478 e. The summed E-state index contributed by atoms with van der Waals surface area (Å²) >= 11 is 0. The molecule has 0 aliphatic carbocycles. The van der Waals surface area contributed by atoms with Crippen LogP contribution in [0.15, 0.2) is 12.1 Å². The molecule has 0 aliphatic rings. The molecule has 0 saturated heterocycles. The number of urea groups is 1. The first-order valence-electron chi connectivity index (χ1n) is 5.98. The number of methoxy groups -OCH3 is 1. The second kappa shape index (κ2) is 6.49. The van der Waals surface area contributed by atoms with Gasteiger partial charge in [0.15, 0.2) is 0 Å². The van der Waals surface area contributed by atoms with E-state index in [0.717, 1.165) is 0 Å². The number of nitrogens with one attached hydrogen (secondary N) is 2. The van der Waals surface area contributed by atoms with E-state index in [2.05, 4.69) is 10.6 Å². The maximum atomic E-state index is 13.5. The van der Waals surface area contributed by atoms with Gasteiger partial charge in [-0.05, 0) is 19.9 Å². The molecule has 0 aliphatic heterocycles. The Balaban J connectivity index is 2.81. The predicted octanol–water partition coefficient (Wildman–Crippen LogP) is 2.21. The Labute approximate surface area is 120 Å². The second-order valence-corrected chi connectivity index (χ2v) is 4.89. The second-order valence-electron chi connectivity index (χ2n) is 4.89. The Bertz CT molecular complexity index is 561. The number of hydrogen-bond acceptors (Lipinski definition) is 3. The fourth-order valence-electron chi connectivity index (χ4n) is 1.34. The molecule has 1 aromatic rings. The smallest absolute Gasteiger partial charge is 0.338 e. The van der Waals surface area contributed by atoms with Crippen molar-refractivity contribution in [3.05, 3.63) is 29.3 Å². The van der Waals surface area contributed by atoms with Crippen molar-refractivity contribution >= 4 is 17.7 Å². The van der Waals surface area contributed by atoms with E-state index in [0.29, 0.717) is 12.1 Å². The number of halogens is 2. The lowest BCUT2D eigenvalue weighted by Gasteiger charge is -2.23. The number of rotatable bonds is 5. The summed E-state index contributed by atoms with van der Waals surface area (Å²) in [5.74, 6) is -3.85. The first-order chi connectivity index (χ1) is 9.66. The zero-order valence-corrected chi connectivity index (χ0v) is 11.8. The molecule has 3 N–H and O–H groups in total. The Morgan fingerprint density at radius 2 is 1.90 bits per heavy atom. The highest BCUT2D eigenvalue weighted by Crippen LogP contribution is 2.19. The van der Waals surface area contributed by atoms with Crippen LogP contribution >= 0.6 is 0 Å². The minimum atomic E-state index is -1.56. The van der Waals surface area contributed by atoms with Crippen LogP contribution in [-0.2, 0) is 4.74 Å². The molecule has 21 heavy (non-hydrogen) atoms. The highest BCUT2D eigenvalue weighted by Gasteiger charge is 2.19. The molecule has 8 heteroatoms. The predicted molar refractivity (Wildman–Crippen MR) is 71.4 cm³/mol. The number of benzene rings is 1. The summed E-state index contributed by atoms with van der Waals surface area (Å²) in [7, 11) is 1.47. The van der Waals surface area contributed by atoms with Gasteiger partial charge >= 0.3 is 12.0 Å². The fourth-order valence-corrected chi connectivity index (χ4v) is 1.34. The lowest BCUT2D eigenvalue weighted by Crippen LogP contribution is -2.41. The Hall–Kier alpha value is -2.22. The van der Waals surface area contributed by atoms with E-state index in [1.54, 1.807) is 13.8 Å². The summed E-state index contributed by atoms with van der Waals surface area (Å²) in [4.78, 5) is 22.4. The fraction of sp³-hybridized carbons (Fsp3) is 0.385. The number of carboxylic acids is 1. The molecule has 0 saturated carbocycles. The highest BCUT2D eigenvalue weighted by atomic mass is 19.1. The van der Waals surface area contributed by atoms with E-state index in [1.165, 1.54) is 7.11 Å². The molecule has 0 unspecified atom stereocenters. The van der Waals surface area contributed by atoms with Crippen molar-refractivity contribution in [2.75, 3.05) is 19.0 Å².